The SMILES string of the molecule is CCc1ccc2nc(-c3cc(C)cc(Cl)c3)nc(Cl)c2c1. The molecule has 3 rings (SSSR count). The van der Waals surface area contributed by atoms with Gasteiger partial charge in [0.2, 0.25) is 0 Å². The second kappa shape index (κ2) is 5.63. The predicted molar refractivity (Wildman–Crippen MR) is 89.1 cm³/mol. The molecule has 0 saturated heterocycles. The topological polar surface area (TPSA) is 25.8 Å². The molecule has 0 fully saturated rings. The first-order valence-electron chi connectivity index (χ1n) is 6.80. The molecule has 2 nitrogen and oxygen atoms in total. The van der Waals surface area contributed by atoms with Crippen LogP contribution in [0, 0.1) is 6.92 Å². The zero-order valence-corrected chi connectivity index (χ0v) is 13.3. The van der Waals surface area contributed by atoms with Crippen LogP contribution in [0.25, 0.3) is 22.3 Å². The number of hydrogen-bond acceptors (Lipinski definition) is 2. The highest BCUT2D eigenvalue weighted by Crippen LogP contribution is 2.27. The third-order valence-electron chi connectivity index (χ3n) is 3.42. The fourth-order valence-electron chi connectivity index (χ4n) is 2.35. The molecule has 0 N–H and O–H groups in total. The lowest BCUT2D eigenvalue weighted by Crippen LogP contribution is -1.93. The first kappa shape index (κ1) is 14.3. The maximum Gasteiger partial charge on any atom is 0.161 e. The summed E-state index contributed by atoms with van der Waals surface area (Å²) in [4.78, 5) is 9.03. The van der Waals surface area contributed by atoms with E-state index in [1.165, 1.54) is 5.56 Å². The highest BCUT2D eigenvalue weighted by molar-refractivity contribution is 6.34. The molecule has 1 heterocycles. The fourth-order valence-corrected chi connectivity index (χ4v) is 2.87. The van der Waals surface area contributed by atoms with Crippen LogP contribution in [0.5, 0.6) is 0 Å². The van der Waals surface area contributed by atoms with E-state index < -0.39 is 0 Å². The van der Waals surface area contributed by atoms with Gasteiger partial charge < -0.3 is 0 Å². The van der Waals surface area contributed by atoms with E-state index in [0.717, 1.165) is 28.5 Å². The van der Waals surface area contributed by atoms with Gasteiger partial charge in [0.05, 0.1) is 5.52 Å². The van der Waals surface area contributed by atoms with Crippen LogP contribution in [0.2, 0.25) is 10.2 Å². The van der Waals surface area contributed by atoms with Gasteiger partial charge in [0.1, 0.15) is 5.15 Å². The minimum Gasteiger partial charge on any atom is -0.228 e. The molecule has 0 aliphatic carbocycles. The Kier molecular flexibility index (Phi) is 3.83. The molecule has 2 aromatic carbocycles. The van der Waals surface area contributed by atoms with Crippen LogP contribution in [-0.2, 0) is 6.42 Å². The van der Waals surface area contributed by atoms with Gasteiger partial charge in [0, 0.05) is 16.0 Å². The minimum absolute atomic E-state index is 0.475. The Balaban J connectivity index is 2.20. The molecular weight excluding hydrogens is 303 g/mol. The summed E-state index contributed by atoms with van der Waals surface area (Å²) in [5, 5.41) is 2.03. The smallest absolute Gasteiger partial charge is 0.161 e. The predicted octanol–water partition coefficient (Wildman–Crippen LogP) is 5.47. The zero-order chi connectivity index (χ0) is 15.0. The van der Waals surface area contributed by atoms with Crippen molar-refractivity contribution in [2.45, 2.75) is 20.3 Å². The number of rotatable bonds is 2. The number of aryl methyl sites for hydroxylation is 2. The van der Waals surface area contributed by atoms with Crippen LogP contribution in [0.15, 0.2) is 36.4 Å². The fraction of sp³-hybridized carbons (Fsp3) is 0.176. The van der Waals surface area contributed by atoms with Gasteiger partial charge >= 0.3 is 0 Å². The van der Waals surface area contributed by atoms with Gasteiger partial charge in [-0.25, -0.2) is 9.97 Å². The first-order valence-corrected chi connectivity index (χ1v) is 7.56. The van der Waals surface area contributed by atoms with Gasteiger partial charge in [-0.05, 0) is 54.8 Å². The molecule has 0 radical (unpaired) electrons. The molecule has 106 valence electrons. The van der Waals surface area contributed by atoms with Crippen molar-refractivity contribution in [2.24, 2.45) is 0 Å². The Morgan fingerprint density at radius 2 is 1.81 bits per heavy atom. The average Bonchev–Trinajstić information content (AvgIpc) is 2.46. The summed E-state index contributed by atoms with van der Waals surface area (Å²) in [7, 11) is 0. The maximum atomic E-state index is 6.34. The molecule has 0 unspecified atom stereocenters. The van der Waals surface area contributed by atoms with Crippen molar-refractivity contribution in [3.05, 3.63) is 57.7 Å². The van der Waals surface area contributed by atoms with Crippen molar-refractivity contribution in [2.75, 3.05) is 0 Å². The Hall–Kier alpha value is -1.64. The summed E-state index contributed by atoms with van der Waals surface area (Å²) >= 11 is 12.4. The lowest BCUT2D eigenvalue weighted by atomic mass is 10.1. The van der Waals surface area contributed by atoms with E-state index >= 15 is 0 Å². The van der Waals surface area contributed by atoms with Crippen LogP contribution in [0.4, 0.5) is 0 Å². The highest BCUT2D eigenvalue weighted by atomic mass is 35.5. The third-order valence-corrected chi connectivity index (χ3v) is 3.93. The number of halogens is 2. The van der Waals surface area contributed by atoms with E-state index in [1.54, 1.807) is 0 Å². The lowest BCUT2D eigenvalue weighted by Gasteiger charge is -2.07. The minimum atomic E-state index is 0.475. The van der Waals surface area contributed by atoms with Crippen molar-refractivity contribution in [3.63, 3.8) is 0 Å². The van der Waals surface area contributed by atoms with Crippen LogP contribution in [0.3, 0.4) is 0 Å². The van der Waals surface area contributed by atoms with E-state index in [1.807, 2.05) is 37.3 Å². The summed E-state index contributed by atoms with van der Waals surface area (Å²) in [6.07, 6.45) is 0.960. The van der Waals surface area contributed by atoms with Crippen LogP contribution < -0.4 is 0 Å². The number of benzene rings is 2. The third kappa shape index (κ3) is 2.87. The van der Waals surface area contributed by atoms with Gasteiger partial charge in [0.15, 0.2) is 5.82 Å². The second-order valence-corrected chi connectivity index (χ2v) is 5.85. The summed E-state index contributed by atoms with van der Waals surface area (Å²) in [5.41, 5.74) is 4.01. The zero-order valence-electron chi connectivity index (χ0n) is 11.8. The van der Waals surface area contributed by atoms with Gasteiger partial charge in [-0.2, -0.15) is 0 Å². The molecule has 21 heavy (non-hydrogen) atoms. The molecule has 0 aliphatic heterocycles. The molecule has 0 bridgehead atoms. The maximum absolute atomic E-state index is 6.34. The molecule has 4 heteroatoms. The monoisotopic (exact) mass is 316 g/mol. The van der Waals surface area contributed by atoms with E-state index in [-0.39, 0.29) is 0 Å². The van der Waals surface area contributed by atoms with E-state index in [2.05, 4.69) is 23.0 Å². The molecule has 0 aliphatic rings. The Morgan fingerprint density at radius 3 is 2.52 bits per heavy atom. The van der Waals surface area contributed by atoms with Crippen LogP contribution in [-0.4, -0.2) is 9.97 Å². The largest absolute Gasteiger partial charge is 0.228 e. The van der Waals surface area contributed by atoms with Crippen molar-refractivity contribution in [1.82, 2.24) is 9.97 Å². The summed E-state index contributed by atoms with van der Waals surface area (Å²) < 4.78 is 0. The number of nitrogens with zero attached hydrogens (tertiary/aromatic N) is 2. The van der Waals surface area contributed by atoms with Crippen LogP contribution in [0.1, 0.15) is 18.1 Å². The van der Waals surface area contributed by atoms with Gasteiger partial charge in [-0.3, -0.25) is 0 Å². The van der Waals surface area contributed by atoms with Gasteiger partial charge in [-0.15, -0.1) is 0 Å². The molecule has 0 atom stereocenters. The second-order valence-electron chi connectivity index (χ2n) is 5.06. The molecular formula is C17H14Cl2N2. The van der Waals surface area contributed by atoms with E-state index in [0.29, 0.717) is 16.0 Å². The summed E-state index contributed by atoms with van der Waals surface area (Å²) in [6, 6.07) is 11.9. The Bertz CT molecular complexity index is 808. The van der Waals surface area contributed by atoms with Crippen molar-refractivity contribution < 1.29 is 0 Å². The number of fused-ring (bicyclic) bond motifs is 1. The van der Waals surface area contributed by atoms with E-state index in [9.17, 15) is 0 Å². The summed E-state index contributed by atoms with van der Waals surface area (Å²) in [5.74, 6) is 0.599. The molecule has 0 spiro atoms. The Labute approximate surface area is 133 Å². The first-order chi connectivity index (χ1) is 10.1. The molecule has 0 saturated carbocycles. The van der Waals surface area contributed by atoms with E-state index in [4.69, 9.17) is 23.2 Å². The standard InChI is InChI=1S/C17H14Cl2N2/c1-3-11-4-5-15-14(8-11)16(19)21-17(20-15)12-6-10(2)7-13(18)9-12/h4-9H,3H2,1-2H3. The normalized spacial score (nSPS) is 11.0. The molecule has 3 aromatic rings. The quantitative estimate of drug-likeness (QED) is 0.585. The number of aromatic nitrogens is 2. The van der Waals surface area contributed by atoms with Gasteiger partial charge in [-0.1, -0.05) is 36.2 Å². The average molecular weight is 317 g/mol. The Morgan fingerprint density at radius 1 is 1.00 bits per heavy atom. The number of hydrogen-bond donors (Lipinski definition) is 0. The lowest BCUT2D eigenvalue weighted by molar-refractivity contribution is 1.14. The molecule has 0 amide bonds. The van der Waals surface area contributed by atoms with Crippen LogP contribution >= 0.6 is 23.2 Å². The summed E-state index contributed by atoms with van der Waals surface area (Å²) in [6.45, 7) is 4.10. The molecule has 1 aromatic heterocycles. The van der Waals surface area contributed by atoms with Crippen molar-refractivity contribution >= 4 is 34.1 Å². The van der Waals surface area contributed by atoms with Crippen molar-refractivity contribution in [1.29, 1.82) is 0 Å². The van der Waals surface area contributed by atoms with Crippen molar-refractivity contribution in [3.8, 4) is 11.4 Å². The van der Waals surface area contributed by atoms with Gasteiger partial charge in [0.25, 0.3) is 0 Å². The highest BCUT2D eigenvalue weighted by Gasteiger charge is 2.09.